The van der Waals surface area contributed by atoms with Crippen molar-refractivity contribution in [2.24, 2.45) is 0 Å². The highest BCUT2D eigenvalue weighted by Gasteiger charge is 2.39. The van der Waals surface area contributed by atoms with Crippen molar-refractivity contribution in [3.05, 3.63) is 15.6 Å². The van der Waals surface area contributed by atoms with Crippen LogP contribution in [0.2, 0.25) is 0 Å². The van der Waals surface area contributed by atoms with Crippen LogP contribution >= 0.6 is 36.2 Å². The Bertz CT molecular complexity index is 466. The minimum absolute atomic E-state index is 0. The van der Waals surface area contributed by atoms with Gasteiger partial charge in [-0.2, -0.15) is 0 Å². The van der Waals surface area contributed by atoms with Crippen LogP contribution < -0.4 is 5.32 Å². The molecule has 0 spiro atoms. The van der Waals surface area contributed by atoms with Crippen LogP contribution in [0.1, 0.15) is 39.6 Å². The monoisotopic (exact) mass is 337 g/mol. The molecule has 1 aromatic rings. The molecule has 0 aliphatic carbocycles. The van der Waals surface area contributed by atoms with Crippen LogP contribution in [0.5, 0.6) is 0 Å². The van der Waals surface area contributed by atoms with E-state index >= 15 is 0 Å². The Morgan fingerprint density at radius 3 is 2.60 bits per heavy atom. The van der Waals surface area contributed by atoms with Crippen molar-refractivity contribution in [1.29, 1.82) is 0 Å². The van der Waals surface area contributed by atoms with Crippen molar-refractivity contribution in [2.75, 3.05) is 13.1 Å². The molecule has 20 heavy (non-hydrogen) atoms. The van der Waals surface area contributed by atoms with E-state index in [1.807, 2.05) is 13.8 Å². The maximum Gasteiger partial charge on any atom is 0.266 e. The van der Waals surface area contributed by atoms with Crippen molar-refractivity contribution in [1.82, 2.24) is 15.2 Å². The summed E-state index contributed by atoms with van der Waals surface area (Å²) in [5.74, 6) is 0.203. The lowest BCUT2D eigenvalue weighted by molar-refractivity contribution is 0.0684. The number of aryl methyl sites for hydroxylation is 2. The minimum Gasteiger partial charge on any atom is -0.331 e. The van der Waals surface area contributed by atoms with Gasteiger partial charge in [-0.25, -0.2) is 4.98 Å². The van der Waals surface area contributed by atoms with Crippen molar-refractivity contribution < 1.29 is 4.79 Å². The fraction of sp³-hybridized carbons (Fsp3) is 0.692. The van der Waals surface area contributed by atoms with Crippen LogP contribution in [0.3, 0.4) is 0 Å². The zero-order chi connectivity index (χ0) is 12.7. The molecule has 1 amide bonds. The summed E-state index contributed by atoms with van der Waals surface area (Å²) in [4.78, 5) is 20.1. The second-order valence-electron chi connectivity index (χ2n) is 5.24. The third-order valence-electron chi connectivity index (χ3n) is 3.99. The van der Waals surface area contributed by atoms with Gasteiger partial charge in [0.25, 0.3) is 5.91 Å². The van der Waals surface area contributed by atoms with Crippen LogP contribution in [-0.2, 0) is 0 Å². The molecule has 0 radical (unpaired) electrons. The van der Waals surface area contributed by atoms with Gasteiger partial charge in [-0.1, -0.05) is 0 Å². The van der Waals surface area contributed by atoms with E-state index in [1.54, 1.807) is 0 Å². The van der Waals surface area contributed by atoms with Crippen molar-refractivity contribution in [3.63, 3.8) is 0 Å². The summed E-state index contributed by atoms with van der Waals surface area (Å²) in [7, 11) is 0. The number of hydrogen-bond acceptors (Lipinski definition) is 4. The number of thiazole rings is 1. The summed E-state index contributed by atoms with van der Waals surface area (Å²) >= 11 is 1.53. The van der Waals surface area contributed by atoms with E-state index in [4.69, 9.17) is 0 Å². The molecule has 2 saturated heterocycles. The van der Waals surface area contributed by atoms with E-state index in [-0.39, 0.29) is 30.7 Å². The standard InChI is InChI=1S/C13H19N3OS.2ClH/c1-8-12(18-9(2)15-8)13(17)16-10-3-4-11(16)7-14-6-5-10;;/h10-11,14H,3-7H2,1-2H3;2*1H. The Labute approximate surface area is 136 Å². The molecule has 0 aromatic carbocycles. The molecule has 1 aromatic heterocycles. The molecule has 2 bridgehead atoms. The van der Waals surface area contributed by atoms with E-state index in [2.05, 4.69) is 15.2 Å². The highest BCUT2D eigenvalue weighted by Crippen LogP contribution is 2.31. The smallest absolute Gasteiger partial charge is 0.266 e. The molecule has 2 atom stereocenters. The summed E-state index contributed by atoms with van der Waals surface area (Å²) in [6.07, 6.45) is 3.38. The van der Waals surface area contributed by atoms with E-state index in [9.17, 15) is 4.79 Å². The number of carbonyl (C=O) groups excluding carboxylic acids is 1. The fourth-order valence-corrected chi connectivity index (χ4v) is 4.02. The average molecular weight is 338 g/mol. The number of rotatable bonds is 1. The molecule has 7 heteroatoms. The first-order valence-electron chi connectivity index (χ1n) is 6.64. The van der Waals surface area contributed by atoms with E-state index < -0.39 is 0 Å². The van der Waals surface area contributed by atoms with Crippen LogP contribution in [0.4, 0.5) is 0 Å². The van der Waals surface area contributed by atoms with Crippen molar-refractivity contribution in [2.45, 2.75) is 45.2 Å². The van der Waals surface area contributed by atoms with Crippen LogP contribution in [-0.4, -0.2) is 41.0 Å². The number of fused-ring (bicyclic) bond motifs is 2. The Kier molecular flexibility index (Phi) is 6.25. The van der Waals surface area contributed by atoms with Gasteiger partial charge in [0.05, 0.1) is 10.7 Å². The molecule has 2 fully saturated rings. The maximum absolute atomic E-state index is 12.7. The number of carbonyl (C=O) groups is 1. The van der Waals surface area contributed by atoms with Crippen LogP contribution in [0.25, 0.3) is 0 Å². The topological polar surface area (TPSA) is 45.2 Å². The number of hydrogen-bond donors (Lipinski definition) is 1. The maximum atomic E-state index is 12.7. The number of aromatic nitrogens is 1. The van der Waals surface area contributed by atoms with Crippen LogP contribution in [0.15, 0.2) is 0 Å². The van der Waals surface area contributed by atoms with Gasteiger partial charge < -0.3 is 10.2 Å². The minimum atomic E-state index is 0. The Balaban J connectivity index is 0.000001000. The van der Waals surface area contributed by atoms with Gasteiger partial charge >= 0.3 is 0 Å². The summed E-state index contributed by atoms with van der Waals surface area (Å²) in [6, 6.07) is 0.811. The molecule has 3 heterocycles. The normalized spacial score (nSPS) is 24.6. The van der Waals surface area contributed by atoms with Crippen molar-refractivity contribution in [3.8, 4) is 0 Å². The quantitative estimate of drug-likeness (QED) is 0.856. The first-order valence-corrected chi connectivity index (χ1v) is 7.46. The fourth-order valence-electron chi connectivity index (χ4n) is 3.16. The highest BCUT2D eigenvalue weighted by atomic mass is 35.5. The highest BCUT2D eigenvalue weighted by molar-refractivity contribution is 7.13. The molecule has 2 aliphatic heterocycles. The SMILES string of the molecule is Cc1nc(C)c(C(=O)N2C3CCNCC2CC3)s1.Cl.Cl. The second-order valence-corrected chi connectivity index (χ2v) is 6.44. The first-order chi connectivity index (χ1) is 8.66. The molecule has 114 valence electrons. The molecule has 1 N–H and O–H groups in total. The molecule has 0 saturated carbocycles. The molecular weight excluding hydrogens is 317 g/mol. The molecule has 3 rings (SSSR count). The lowest BCUT2D eigenvalue weighted by Gasteiger charge is -2.27. The molecule has 2 unspecified atom stereocenters. The first kappa shape index (κ1) is 17.7. The summed E-state index contributed by atoms with van der Waals surface area (Å²) in [5, 5.41) is 4.41. The second kappa shape index (κ2) is 7.07. The summed E-state index contributed by atoms with van der Waals surface area (Å²) in [5.41, 5.74) is 0.888. The van der Waals surface area contributed by atoms with Gasteiger partial charge in [0.1, 0.15) is 4.88 Å². The molecule has 2 aliphatic rings. The van der Waals surface area contributed by atoms with E-state index in [0.717, 1.165) is 47.9 Å². The Morgan fingerprint density at radius 2 is 1.95 bits per heavy atom. The third-order valence-corrected chi connectivity index (χ3v) is 5.05. The number of nitrogens with zero attached hydrogens (tertiary/aromatic N) is 2. The molecule has 4 nitrogen and oxygen atoms in total. The third kappa shape index (κ3) is 3.11. The largest absolute Gasteiger partial charge is 0.331 e. The summed E-state index contributed by atoms with van der Waals surface area (Å²) in [6.45, 7) is 5.88. The van der Waals surface area contributed by atoms with Gasteiger partial charge in [-0.05, 0) is 39.7 Å². The Hall–Kier alpha value is -0.360. The van der Waals surface area contributed by atoms with E-state index in [0.29, 0.717) is 12.1 Å². The lowest BCUT2D eigenvalue weighted by atomic mass is 10.1. The predicted octanol–water partition coefficient (Wildman–Crippen LogP) is 2.57. The zero-order valence-electron chi connectivity index (χ0n) is 11.7. The van der Waals surface area contributed by atoms with E-state index in [1.165, 1.54) is 11.3 Å². The number of nitrogens with one attached hydrogen (secondary N) is 1. The van der Waals surface area contributed by atoms with Gasteiger partial charge in [-0.15, -0.1) is 36.2 Å². The average Bonchev–Trinajstić information content (AvgIpc) is 2.76. The predicted molar refractivity (Wildman–Crippen MR) is 86.6 cm³/mol. The van der Waals surface area contributed by atoms with Crippen LogP contribution in [0, 0.1) is 13.8 Å². The number of amides is 1. The van der Waals surface area contributed by atoms with Gasteiger partial charge in [0.15, 0.2) is 0 Å². The summed E-state index contributed by atoms with van der Waals surface area (Å²) < 4.78 is 0. The van der Waals surface area contributed by atoms with Gasteiger partial charge in [0, 0.05) is 18.6 Å². The molecular formula is C13H21Cl2N3OS. The lowest BCUT2D eigenvalue weighted by Crippen LogP contribution is -2.42. The number of halogens is 2. The van der Waals surface area contributed by atoms with Gasteiger partial charge in [-0.3, -0.25) is 4.79 Å². The van der Waals surface area contributed by atoms with Crippen molar-refractivity contribution >= 4 is 42.1 Å². The Morgan fingerprint density at radius 1 is 1.25 bits per heavy atom. The zero-order valence-corrected chi connectivity index (χ0v) is 14.2. The van der Waals surface area contributed by atoms with Gasteiger partial charge in [0.2, 0.25) is 0 Å².